The van der Waals surface area contributed by atoms with Crippen LogP contribution in [-0.4, -0.2) is 37.1 Å². The number of fused-ring (bicyclic) bond motifs is 1. The predicted molar refractivity (Wildman–Crippen MR) is 131 cm³/mol. The van der Waals surface area contributed by atoms with Gasteiger partial charge in [0, 0.05) is 5.39 Å². The smallest absolute Gasteiger partial charge is 0.343 e. The molecular weight excluding hydrogens is 428 g/mol. The normalized spacial score (nSPS) is 11.0. The molecule has 0 fully saturated rings. The van der Waals surface area contributed by atoms with Gasteiger partial charge in [-0.05, 0) is 56.7 Å². The maximum atomic E-state index is 12.7. The van der Waals surface area contributed by atoms with E-state index in [1.165, 1.54) is 6.20 Å². The monoisotopic (exact) mass is 452 g/mol. The van der Waals surface area contributed by atoms with Gasteiger partial charge >= 0.3 is 5.97 Å². The van der Waals surface area contributed by atoms with Crippen molar-refractivity contribution in [2.24, 2.45) is 0 Å². The number of rotatable bonds is 6. The molecule has 5 rings (SSSR count). The number of pyridine rings is 1. The van der Waals surface area contributed by atoms with Crippen LogP contribution in [0, 0.1) is 13.8 Å². The zero-order chi connectivity index (χ0) is 23.7. The zero-order valence-electron chi connectivity index (χ0n) is 19.2. The molecule has 34 heavy (non-hydrogen) atoms. The van der Waals surface area contributed by atoms with Crippen LogP contribution >= 0.6 is 0 Å². The number of nitrogens with one attached hydrogen (secondary N) is 1. The minimum absolute atomic E-state index is 0.271. The van der Waals surface area contributed by atoms with Crippen molar-refractivity contribution in [3.63, 3.8) is 0 Å². The Morgan fingerprint density at radius 3 is 2.26 bits per heavy atom. The molecule has 1 N–H and O–H groups in total. The van der Waals surface area contributed by atoms with Crippen molar-refractivity contribution in [3.05, 3.63) is 89.7 Å². The van der Waals surface area contributed by atoms with Crippen molar-refractivity contribution in [1.82, 2.24) is 24.5 Å². The quantitative estimate of drug-likeness (QED) is 0.359. The molecule has 0 radical (unpaired) electrons. The zero-order valence-corrected chi connectivity index (χ0v) is 19.2. The number of hydrogen-bond donors (Lipinski definition) is 1. The molecule has 8 nitrogen and oxygen atoms in total. The lowest BCUT2D eigenvalue weighted by Gasteiger charge is -2.13. The first-order valence-electron chi connectivity index (χ1n) is 11.1. The van der Waals surface area contributed by atoms with Gasteiger partial charge in [-0.2, -0.15) is 10.2 Å². The number of anilines is 2. The van der Waals surface area contributed by atoms with Crippen LogP contribution in [0.25, 0.3) is 22.4 Å². The van der Waals surface area contributed by atoms with Gasteiger partial charge in [0.25, 0.3) is 0 Å². The molecule has 0 bridgehead atoms. The number of para-hydroxylation sites is 2. The number of carbonyl (C=O) groups is 1. The third kappa shape index (κ3) is 3.79. The van der Waals surface area contributed by atoms with E-state index in [2.05, 4.69) is 10.4 Å². The van der Waals surface area contributed by atoms with Crippen LogP contribution in [0.1, 0.15) is 28.5 Å². The van der Waals surface area contributed by atoms with E-state index in [0.717, 1.165) is 33.7 Å². The molecule has 0 saturated heterocycles. The summed E-state index contributed by atoms with van der Waals surface area (Å²) in [5.41, 5.74) is 4.72. The molecule has 0 amide bonds. The second-order valence-electron chi connectivity index (χ2n) is 7.86. The molecule has 0 spiro atoms. The lowest BCUT2D eigenvalue weighted by Crippen LogP contribution is -2.10. The summed E-state index contributed by atoms with van der Waals surface area (Å²) in [4.78, 5) is 17.6. The molecule has 3 heterocycles. The van der Waals surface area contributed by atoms with Gasteiger partial charge in [0.05, 0.1) is 29.9 Å². The highest BCUT2D eigenvalue weighted by Crippen LogP contribution is 2.29. The molecule has 8 heteroatoms. The van der Waals surface area contributed by atoms with Gasteiger partial charge in [-0.3, -0.25) is 0 Å². The van der Waals surface area contributed by atoms with E-state index in [9.17, 15) is 4.79 Å². The summed E-state index contributed by atoms with van der Waals surface area (Å²) in [6, 6.07) is 21.4. The highest BCUT2D eigenvalue weighted by Gasteiger charge is 2.21. The van der Waals surface area contributed by atoms with Crippen molar-refractivity contribution in [2.75, 3.05) is 11.9 Å². The highest BCUT2D eigenvalue weighted by atomic mass is 16.5. The van der Waals surface area contributed by atoms with Gasteiger partial charge in [-0.25, -0.2) is 19.1 Å². The van der Waals surface area contributed by atoms with Gasteiger partial charge in [-0.1, -0.05) is 36.4 Å². The maximum absolute atomic E-state index is 12.7. The van der Waals surface area contributed by atoms with Crippen molar-refractivity contribution >= 4 is 28.6 Å². The largest absolute Gasteiger partial charge is 0.462 e. The van der Waals surface area contributed by atoms with Crippen molar-refractivity contribution in [3.8, 4) is 11.4 Å². The lowest BCUT2D eigenvalue weighted by molar-refractivity contribution is 0.0527. The fourth-order valence-electron chi connectivity index (χ4n) is 4.03. The highest BCUT2D eigenvalue weighted by molar-refractivity contribution is 5.96. The van der Waals surface area contributed by atoms with Crippen LogP contribution in [0.2, 0.25) is 0 Å². The molecule has 0 atom stereocenters. The molecule has 0 aliphatic carbocycles. The number of carbonyl (C=O) groups excluding carboxylic acids is 1. The topological polar surface area (TPSA) is 86.9 Å². The molecule has 0 saturated carbocycles. The summed E-state index contributed by atoms with van der Waals surface area (Å²) < 4.78 is 8.77. The Morgan fingerprint density at radius 1 is 0.971 bits per heavy atom. The number of aromatic nitrogens is 5. The van der Waals surface area contributed by atoms with E-state index >= 15 is 0 Å². The van der Waals surface area contributed by atoms with Crippen molar-refractivity contribution in [1.29, 1.82) is 0 Å². The molecule has 5 aromatic rings. The molecule has 3 aromatic heterocycles. The van der Waals surface area contributed by atoms with Crippen LogP contribution in [0.15, 0.2) is 72.9 Å². The van der Waals surface area contributed by atoms with Crippen LogP contribution < -0.4 is 5.32 Å². The third-order valence-corrected chi connectivity index (χ3v) is 5.52. The summed E-state index contributed by atoms with van der Waals surface area (Å²) in [5.74, 6) is 0.610. The Morgan fingerprint density at radius 2 is 1.62 bits per heavy atom. The van der Waals surface area contributed by atoms with Gasteiger partial charge in [0.15, 0.2) is 5.65 Å². The first-order valence-corrected chi connectivity index (χ1v) is 11.1. The minimum atomic E-state index is -0.449. The average Bonchev–Trinajstić information content (AvgIpc) is 3.41. The summed E-state index contributed by atoms with van der Waals surface area (Å²) in [7, 11) is 0. The third-order valence-electron chi connectivity index (χ3n) is 5.52. The molecule has 2 aromatic carbocycles. The van der Waals surface area contributed by atoms with E-state index in [4.69, 9.17) is 14.8 Å². The van der Waals surface area contributed by atoms with Gasteiger partial charge in [-0.15, -0.1) is 0 Å². The molecule has 0 aliphatic rings. The fraction of sp³-hybridized carbons (Fsp3) is 0.154. The number of nitrogens with zero attached hydrogens (tertiary/aromatic N) is 5. The van der Waals surface area contributed by atoms with E-state index in [0.29, 0.717) is 17.2 Å². The van der Waals surface area contributed by atoms with Crippen LogP contribution in [0.5, 0.6) is 0 Å². The lowest BCUT2D eigenvalue weighted by atomic mass is 10.1. The molecule has 0 unspecified atom stereocenters. The van der Waals surface area contributed by atoms with Gasteiger partial charge in [0.1, 0.15) is 17.2 Å². The van der Waals surface area contributed by atoms with E-state index in [1.807, 2.05) is 85.3 Å². The first kappa shape index (κ1) is 21.4. The summed E-state index contributed by atoms with van der Waals surface area (Å²) >= 11 is 0. The Labute approximate surface area is 196 Å². The van der Waals surface area contributed by atoms with E-state index in [1.54, 1.807) is 11.6 Å². The van der Waals surface area contributed by atoms with Crippen LogP contribution in [0.4, 0.5) is 11.6 Å². The average molecular weight is 453 g/mol. The summed E-state index contributed by atoms with van der Waals surface area (Å²) in [6.07, 6.45) is 1.51. The Balaban J connectivity index is 1.65. The Bertz CT molecular complexity index is 1470. The summed E-state index contributed by atoms with van der Waals surface area (Å²) in [5, 5.41) is 13.5. The fourth-order valence-corrected chi connectivity index (χ4v) is 4.03. The maximum Gasteiger partial charge on any atom is 0.343 e. The molecular formula is C26H24N6O2. The number of hydrogen-bond acceptors (Lipinski definition) is 6. The number of ether oxygens (including phenoxy) is 1. The number of aryl methyl sites for hydroxylation is 2. The molecule has 0 aliphatic heterocycles. The number of benzene rings is 2. The molecule has 170 valence electrons. The minimum Gasteiger partial charge on any atom is -0.462 e. The SMILES string of the molecule is CCOC(=O)c1cnn(-c2ccccc2)c1Nc1cc(C)c2c(C)nn(-c3ccccc3)c2n1. The summed E-state index contributed by atoms with van der Waals surface area (Å²) in [6.45, 7) is 6.05. The Kier molecular flexibility index (Phi) is 5.55. The standard InChI is InChI=1S/C26H24N6O2/c1-4-34-26(33)21-16-27-31(19-11-7-5-8-12-19)24(21)28-22-15-17(2)23-18(3)30-32(25(23)29-22)20-13-9-6-10-14-20/h5-16H,4H2,1-3H3,(H,28,29). The van der Waals surface area contributed by atoms with E-state index < -0.39 is 5.97 Å². The van der Waals surface area contributed by atoms with Crippen molar-refractivity contribution in [2.45, 2.75) is 20.8 Å². The van der Waals surface area contributed by atoms with Crippen LogP contribution in [-0.2, 0) is 4.74 Å². The first-order chi connectivity index (χ1) is 16.6. The second-order valence-corrected chi connectivity index (χ2v) is 7.86. The number of esters is 1. The Hall–Kier alpha value is -4.46. The second kappa shape index (κ2) is 8.82. The van der Waals surface area contributed by atoms with Crippen LogP contribution in [0.3, 0.4) is 0 Å². The van der Waals surface area contributed by atoms with Gasteiger partial charge in [0.2, 0.25) is 0 Å². The van der Waals surface area contributed by atoms with Crippen molar-refractivity contribution < 1.29 is 9.53 Å². The van der Waals surface area contributed by atoms with Gasteiger partial charge < -0.3 is 10.1 Å². The predicted octanol–water partition coefficient (Wildman–Crippen LogP) is 5.14. The van der Waals surface area contributed by atoms with E-state index in [-0.39, 0.29) is 6.61 Å².